The molecular weight excluding hydrogens is 304 g/mol. The second kappa shape index (κ2) is 6.34. The zero-order valence-electron chi connectivity index (χ0n) is 12.3. The Kier molecular flexibility index (Phi) is 4.48. The molecule has 2 aromatic rings. The van der Waals surface area contributed by atoms with Crippen molar-refractivity contribution in [1.29, 1.82) is 0 Å². The Labute approximate surface area is 134 Å². The molecule has 0 radical (unpaired) electrons. The molecule has 21 heavy (non-hydrogen) atoms. The molecule has 1 N–H and O–H groups in total. The van der Waals surface area contributed by atoms with Gasteiger partial charge in [-0.25, -0.2) is 4.98 Å². The number of ether oxygens (including phenoxy) is 1. The lowest BCUT2D eigenvalue weighted by Gasteiger charge is -2.20. The van der Waals surface area contributed by atoms with E-state index in [9.17, 15) is 0 Å². The molecule has 0 amide bonds. The van der Waals surface area contributed by atoms with E-state index in [2.05, 4.69) is 12.2 Å². The molecule has 1 heterocycles. The van der Waals surface area contributed by atoms with Crippen LogP contribution in [-0.4, -0.2) is 18.6 Å². The number of benzene rings is 1. The van der Waals surface area contributed by atoms with Gasteiger partial charge in [-0.1, -0.05) is 24.6 Å². The van der Waals surface area contributed by atoms with Crippen LogP contribution in [0.5, 0.6) is 5.75 Å². The van der Waals surface area contributed by atoms with Crippen LogP contribution in [0.15, 0.2) is 18.2 Å². The number of aryl methyl sites for hydroxylation is 2. The van der Waals surface area contributed by atoms with E-state index >= 15 is 0 Å². The molecule has 5 heteroatoms. The largest absolute Gasteiger partial charge is 0.496 e. The van der Waals surface area contributed by atoms with Gasteiger partial charge in [-0.05, 0) is 37.9 Å². The fourth-order valence-electron chi connectivity index (χ4n) is 2.83. The number of hydrogen-bond donors (Lipinski definition) is 1. The van der Waals surface area contributed by atoms with Crippen LogP contribution in [-0.2, 0) is 12.8 Å². The average Bonchev–Trinajstić information content (AvgIpc) is 3.06. The van der Waals surface area contributed by atoms with Crippen molar-refractivity contribution in [2.75, 3.05) is 13.7 Å². The second-order valence-corrected chi connectivity index (χ2v) is 6.64. The van der Waals surface area contributed by atoms with E-state index in [-0.39, 0.29) is 6.04 Å². The highest BCUT2D eigenvalue weighted by atomic mass is 35.5. The number of halogens is 1. The van der Waals surface area contributed by atoms with Crippen molar-refractivity contribution in [2.24, 2.45) is 0 Å². The molecule has 0 bridgehead atoms. The smallest absolute Gasteiger partial charge is 0.125 e. The molecule has 3 rings (SSSR count). The minimum Gasteiger partial charge on any atom is -0.496 e. The van der Waals surface area contributed by atoms with Crippen LogP contribution in [0.25, 0.3) is 0 Å². The summed E-state index contributed by atoms with van der Waals surface area (Å²) in [6.45, 7) is 2.95. The molecule has 0 aliphatic heterocycles. The average molecular weight is 323 g/mol. The number of hydrogen-bond acceptors (Lipinski definition) is 4. The number of aromatic nitrogens is 1. The van der Waals surface area contributed by atoms with Crippen molar-refractivity contribution >= 4 is 22.9 Å². The second-order valence-electron chi connectivity index (χ2n) is 5.12. The number of thiazole rings is 1. The molecule has 0 spiro atoms. The normalized spacial score (nSPS) is 15.0. The van der Waals surface area contributed by atoms with Gasteiger partial charge in [0, 0.05) is 15.5 Å². The van der Waals surface area contributed by atoms with Gasteiger partial charge in [-0.3, -0.25) is 0 Å². The molecule has 0 saturated heterocycles. The van der Waals surface area contributed by atoms with Crippen LogP contribution < -0.4 is 10.1 Å². The fraction of sp³-hybridized carbons (Fsp3) is 0.438. The maximum Gasteiger partial charge on any atom is 0.125 e. The minimum atomic E-state index is -0.00532. The highest BCUT2D eigenvalue weighted by Crippen LogP contribution is 2.39. The lowest BCUT2D eigenvalue weighted by atomic mass is 10.1. The van der Waals surface area contributed by atoms with E-state index in [1.165, 1.54) is 17.0 Å². The lowest BCUT2D eigenvalue weighted by Crippen LogP contribution is -2.23. The molecule has 1 aliphatic rings. The summed E-state index contributed by atoms with van der Waals surface area (Å²) in [5.41, 5.74) is 2.25. The molecule has 0 saturated carbocycles. The Morgan fingerprint density at radius 2 is 2.29 bits per heavy atom. The molecular formula is C16H19ClN2OS. The van der Waals surface area contributed by atoms with Gasteiger partial charge in [0.15, 0.2) is 0 Å². The maximum absolute atomic E-state index is 6.44. The molecule has 3 nitrogen and oxygen atoms in total. The quantitative estimate of drug-likeness (QED) is 0.903. The summed E-state index contributed by atoms with van der Waals surface area (Å²) in [6, 6.07) is 5.77. The van der Waals surface area contributed by atoms with Crippen molar-refractivity contribution in [3.05, 3.63) is 44.4 Å². The Morgan fingerprint density at radius 1 is 1.43 bits per heavy atom. The number of methoxy groups -OCH3 is 1. The van der Waals surface area contributed by atoms with Crippen LogP contribution in [0.4, 0.5) is 0 Å². The molecule has 1 atom stereocenters. The summed E-state index contributed by atoms with van der Waals surface area (Å²) < 4.78 is 5.50. The third-order valence-corrected chi connectivity index (χ3v) is 5.34. The van der Waals surface area contributed by atoms with Gasteiger partial charge in [0.25, 0.3) is 0 Å². The van der Waals surface area contributed by atoms with E-state index in [4.69, 9.17) is 21.3 Å². The van der Waals surface area contributed by atoms with E-state index in [1.54, 1.807) is 18.4 Å². The van der Waals surface area contributed by atoms with Crippen molar-refractivity contribution in [1.82, 2.24) is 10.3 Å². The molecule has 1 aliphatic carbocycles. The third kappa shape index (κ3) is 2.80. The number of nitrogens with one attached hydrogen (secondary N) is 1. The van der Waals surface area contributed by atoms with E-state index in [1.807, 2.05) is 18.2 Å². The Morgan fingerprint density at radius 3 is 3.00 bits per heavy atom. The summed E-state index contributed by atoms with van der Waals surface area (Å²) in [7, 11) is 1.68. The van der Waals surface area contributed by atoms with Gasteiger partial charge < -0.3 is 10.1 Å². The van der Waals surface area contributed by atoms with Crippen molar-refractivity contribution in [3.8, 4) is 5.75 Å². The molecule has 1 aromatic carbocycles. The van der Waals surface area contributed by atoms with Crippen molar-refractivity contribution in [2.45, 2.75) is 32.2 Å². The Bertz CT molecular complexity index is 620. The topological polar surface area (TPSA) is 34.2 Å². The standard InChI is InChI=1S/C16H19ClN2OS/c1-3-18-15(14-10(17)6-4-8-12(14)20-2)16-19-11-7-5-9-13(11)21-16/h4,6,8,15,18H,3,5,7,9H2,1-2H3. The highest BCUT2D eigenvalue weighted by Gasteiger charge is 2.26. The third-order valence-electron chi connectivity index (χ3n) is 3.79. The van der Waals surface area contributed by atoms with Crippen LogP contribution in [0.3, 0.4) is 0 Å². The first-order chi connectivity index (χ1) is 10.2. The predicted octanol–water partition coefficient (Wildman–Crippen LogP) is 3.99. The van der Waals surface area contributed by atoms with Crippen molar-refractivity contribution < 1.29 is 4.74 Å². The number of nitrogens with zero attached hydrogens (tertiary/aromatic N) is 1. The van der Waals surface area contributed by atoms with Crippen molar-refractivity contribution in [3.63, 3.8) is 0 Å². The van der Waals surface area contributed by atoms with Gasteiger partial charge in [0.1, 0.15) is 10.8 Å². The van der Waals surface area contributed by atoms with E-state index < -0.39 is 0 Å². The number of fused-ring (bicyclic) bond motifs is 1. The summed E-state index contributed by atoms with van der Waals surface area (Å²) >= 11 is 8.24. The van der Waals surface area contributed by atoms with E-state index in [0.717, 1.165) is 40.7 Å². The van der Waals surface area contributed by atoms with Crippen LogP contribution in [0.1, 0.15) is 40.5 Å². The van der Waals surface area contributed by atoms with Crippen LogP contribution in [0.2, 0.25) is 5.02 Å². The molecule has 1 aromatic heterocycles. The summed E-state index contributed by atoms with van der Waals surface area (Å²) in [6.07, 6.45) is 3.49. The summed E-state index contributed by atoms with van der Waals surface area (Å²) in [4.78, 5) is 6.27. The first-order valence-corrected chi connectivity index (χ1v) is 8.48. The zero-order chi connectivity index (χ0) is 14.8. The van der Waals surface area contributed by atoms with Gasteiger partial charge in [-0.15, -0.1) is 11.3 Å². The molecule has 0 fully saturated rings. The Hall–Kier alpha value is -1.10. The van der Waals surface area contributed by atoms with E-state index in [0.29, 0.717) is 0 Å². The van der Waals surface area contributed by atoms with Gasteiger partial charge >= 0.3 is 0 Å². The van der Waals surface area contributed by atoms with Gasteiger partial charge in [0.05, 0.1) is 18.8 Å². The predicted molar refractivity (Wildman–Crippen MR) is 87.7 cm³/mol. The van der Waals surface area contributed by atoms with Gasteiger partial charge in [-0.2, -0.15) is 0 Å². The Balaban J connectivity index is 2.05. The fourth-order valence-corrected chi connectivity index (χ4v) is 4.34. The lowest BCUT2D eigenvalue weighted by molar-refractivity contribution is 0.404. The zero-order valence-corrected chi connectivity index (χ0v) is 13.9. The van der Waals surface area contributed by atoms with Gasteiger partial charge in [0.2, 0.25) is 0 Å². The van der Waals surface area contributed by atoms with Crippen LogP contribution >= 0.6 is 22.9 Å². The summed E-state index contributed by atoms with van der Waals surface area (Å²) in [5, 5.41) is 5.31. The number of rotatable bonds is 5. The van der Waals surface area contributed by atoms with Crippen LogP contribution in [0, 0.1) is 0 Å². The first kappa shape index (κ1) is 14.8. The monoisotopic (exact) mass is 322 g/mol. The maximum atomic E-state index is 6.44. The SMILES string of the molecule is CCNC(c1nc2c(s1)CCC2)c1c(Cl)cccc1OC. The first-order valence-electron chi connectivity index (χ1n) is 7.28. The minimum absolute atomic E-state index is 0.00532. The molecule has 1 unspecified atom stereocenters. The summed E-state index contributed by atoms with van der Waals surface area (Å²) in [5.74, 6) is 0.809. The molecule has 112 valence electrons. The highest BCUT2D eigenvalue weighted by molar-refractivity contribution is 7.11.